The normalized spacial score (nSPS) is 10.5. The van der Waals surface area contributed by atoms with Crippen molar-refractivity contribution in [3.8, 4) is 0 Å². The number of hydrogen-bond donors (Lipinski definition) is 0. The van der Waals surface area contributed by atoms with Crippen LogP contribution >= 0.6 is 69.8 Å². The molecule has 3 unspecified atom stereocenters. The molecule has 6 nitrogen and oxygen atoms in total. The van der Waals surface area contributed by atoms with Crippen LogP contribution in [0, 0.1) is 126 Å². The van der Waals surface area contributed by atoms with Gasteiger partial charge in [-0.2, -0.15) is 0 Å². The Hall–Kier alpha value is -7.58. The first-order valence-corrected chi connectivity index (χ1v) is 40.8. The van der Waals surface area contributed by atoms with Crippen LogP contribution in [0.2, 0.25) is 25.1 Å². The van der Waals surface area contributed by atoms with E-state index < -0.39 is 56.5 Å². The topological polar surface area (TPSA) is 120 Å². The van der Waals surface area contributed by atoms with Gasteiger partial charge in [-0.25, -0.2) is 22.0 Å². The van der Waals surface area contributed by atoms with Gasteiger partial charge in [-0.3, -0.25) is 12.6 Å². The molecule has 0 fully saturated rings. The van der Waals surface area contributed by atoms with E-state index in [0.717, 1.165) is 76.2 Å². The van der Waals surface area contributed by atoms with Gasteiger partial charge in [0.25, 0.3) is 0 Å². The Kier molecular flexibility index (Phi) is 52.5. The summed E-state index contributed by atoms with van der Waals surface area (Å²) in [6.07, 6.45) is 2.06. The van der Waals surface area contributed by atoms with Crippen molar-refractivity contribution in [1.82, 2.24) is 0 Å². The average Bonchev–Trinajstić information content (AvgIpc) is 1.27. The summed E-state index contributed by atoms with van der Waals surface area (Å²) in [7, 11) is 0. The Morgan fingerprint density at radius 1 is 0.273 bits per heavy atom. The van der Waals surface area contributed by atoms with E-state index in [2.05, 4.69) is 108 Å². The van der Waals surface area contributed by atoms with Crippen molar-refractivity contribution in [2.24, 2.45) is 0 Å². The van der Waals surface area contributed by atoms with E-state index in [0.29, 0.717) is 16.1 Å². The molecule has 12 aromatic rings. The standard InChI is InChI=1S/C8H9ClO2S.C8H9ClS.2C8H10O2S.2C8H10.C7H6Cl2.C7H7Cl.2C7H6F2.C7H7F.C7H8/c1-6-4-7(5-12(10)11)2-3-8(6)9;1-6-5-7(10-2)3-4-8(6)9;1-7-2-4-8(5-3-7)6-11(9)10;1-7-3-2-4-8(5-7)6-11(9)10;1-7-3-5-8(2)6-4-7;1-7-5-3-4-6-8(7)2;1-5-6(8)3-2-4-7(5)9;1-6-4-2-3-5-7(6)8;1-5-6(8)3-2-4-7(5)9;1-5-3-2-4-6(8)7(5)9;1-6-4-2-3-5-7(6)8;1-7-5-3-2-4-6-7/h2-4H,5H2,1H3,(H,10,11);3-5H,1-2H3;2*2-5H,6H2,1H3,(H,9,10);2*3-6H,1-2H3;2-4H,1H3;2-5H,1H3;2*2-4H,1H3;2-5H,1H3;2-6H,1H3/p-3. The van der Waals surface area contributed by atoms with E-state index in [1.807, 2.05) is 169 Å². The minimum absolute atomic E-state index is 0.0536. The molecule has 0 aliphatic heterocycles. The summed E-state index contributed by atoms with van der Waals surface area (Å²) >= 11 is 24.5. The molecule has 0 spiro atoms. The van der Waals surface area contributed by atoms with Crippen LogP contribution in [-0.4, -0.2) is 32.5 Å². The third-order valence-electron chi connectivity index (χ3n) is 14.9. The molecule has 0 heterocycles. The third kappa shape index (κ3) is 46.9. The van der Waals surface area contributed by atoms with Crippen LogP contribution in [0.1, 0.15) is 94.6 Å². The van der Waals surface area contributed by atoms with Crippen molar-refractivity contribution in [3.63, 3.8) is 0 Å². The Morgan fingerprint density at radius 3 is 0.955 bits per heavy atom. The van der Waals surface area contributed by atoms with E-state index in [9.17, 15) is 48.2 Å². The molecule has 0 saturated carbocycles. The lowest BCUT2D eigenvalue weighted by Crippen LogP contribution is -1.93. The van der Waals surface area contributed by atoms with Gasteiger partial charge in [0.15, 0.2) is 11.6 Å². The maximum atomic E-state index is 12.4. The predicted molar refractivity (Wildman–Crippen MR) is 458 cm³/mol. The molecule has 0 amide bonds. The van der Waals surface area contributed by atoms with Gasteiger partial charge in [-0.05, 0) is 231 Å². The molecule has 0 saturated heterocycles. The Bertz CT molecular complexity index is 4330. The first-order chi connectivity index (χ1) is 51.9. The summed E-state index contributed by atoms with van der Waals surface area (Å²) in [5.74, 6) is -2.37. The molecule has 0 N–H and O–H groups in total. The summed E-state index contributed by atoms with van der Waals surface area (Å²) in [4.78, 5) is 1.27. The Balaban J connectivity index is 0.000000602. The summed E-state index contributed by atoms with van der Waals surface area (Å²) < 4.78 is 123. The van der Waals surface area contributed by atoms with Gasteiger partial charge in [-0.15, -0.1) is 11.8 Å². The van der Waals surface area contributed by atoms with Crippen LogP contribution in [0.25, 0.3) is 0 Å². The summed E-state index contributed by atoms with van der Waals surface area (Å²) in [6.45, 7) is 26.9. The van der Waals surface area contributed by atoms with Gasteiger partial charge < -0.3 is 13.7 Å². The molecule has 0 aliphatic rings. The largest absolute Gasteiger partial charge is 0.772 e. The van der Waals surface area contributed by atoms with Gasteiger partial charge in [0.05, 0.1) is 0 Å². The van der Waals surface area contributed by atoms with E-state index in [-0.39, 0.29) is 28.6 Å². The Labute approximate surface area is 686 Å². The minimum atomic E-state index is -2.02. The fraction of sp³-hybridized carbons (Fsp3) is 0.200. The smallest absolute Gasteiger partial charge is 0.161 e. The van der Waals surface area contributed by atoms with Gasteiger partial charge in [-0.1, -0.05) is 319 Å². The Morgan fingerprint density at radius 2 is 0.600 bits per heavy atom. The fourth-order valence-corrected chi connectivity index (χ4v) is 10.8. The predicted octanol–water partition coefficient (Wildman–Crippen LogP) is 27.4. The van der Waals surface area contributed by atoms with Crippen molar-refractivity contribution < 1.29 is 48.2 Å². The molecule has 0 aromatic heterocycles. The first kappa shape index (κ1) is 100. The van der Waals surface area contributed by atoms with Crippen LogP contribution in [-0.2, 0) is 50.5 Å². The van der Waals surface area contributed by atoms with Crippen molar-refractivity contribution in [1.29, 1.82) is 0 Å². The molecule has 3 atom stereocenters. The molecule has 0 aliphatic carbocycles. The average molecular weight is 1670 g/mol. The van der Waals surface area contributed by atoms with E-state index >= 15 is 0 Å². The number of benzene rings is 12. The zero-order chi connectivity index (χ0) is 82.8. The summed E-state index contributed by atoms with van der Waals surface area (Å²) in [5.41, 5.74) is 16.7. The van der Waals surface area contributed by atoms with E-state index in [4.69, 9.17) is 58.0 Å². The lowest BCUT2D eigenvalue weighted by molar-refractivity contribution is 0.503. The highest BCUT2D eigenvalue weighted by atomic mass is 35.5. The fourth-order valence-electron chi connectivity index (χ4n) is 8.15. The minimum Gasteiger partial charge on any atom is -0.772 e. The van der Waals surface area contributed by atoms with Crippen LogP contribution in [0.3, 0.4) is 0 Å². The summed E-state index contributed by atoms with van der Waals surface area (Å²) in [5, 5.41) is 3.80. The van der Waals surface area contributed by atoms with Crippen molar-refractivity contribution in [3.05, 3.63) is 416 Å². The molecule has 12 aromatic carbocycles. The zero-order valence-electron chi connectivity index (χ0n) is 64.4. The lowest BCUT2D eigenvalue weighted by Gasteiger charge is -2.06. The molecule has 588 valence electrons. The maximum Gasteiger partial charge on any atom is 0.161 e. The molecule has 20 heteroatoms. The van der Waals surface area contributed by atoms with Gasteiger partial charge in [0.1, 0.15) is 17.5 Å². The molecular formula is C90H95Cl5F5O6S4-3. The van der Waals surface area contributed by atoms with Crippen LogP contribution in [0.15, 0.2) is 272 Å². The highest BCUT2D eigenvalue weighted by molar-refractivity contribution is 7.98. The monoisotopic (exact) mass is 1670 g/mol. The van der Waals surface area contributed by atoms with Gasteiger partial charge >= 0.3 is 0 Å². The van der Waals surface area contributed by atoms with E-state index in [1.165, 1.54) is 83.0 Å². The molecule has 0 bridgehead atoms. The third-order valence-corrected chi connectivity index (χ3v) is 19.5. The second-order valence-electron chi connectivity index (χ2n) is 24.5. The molecule has 12 rings (SSSR count). The van der Waals surface area contributed by atoms with Crippen molar-refractivity contribution >= 4 is 103 Å². The quantitative estimate of drug-likeness (QED) is 0.0885. The number of thioether (sulfide) groups is 1. The van der Waals surface area contributed by atoms with E-state index in [1.54, 1.807) is 49.0 Å². The maximum absolute atomic E-state index is 12.4. The number of rotatable bonds is 7. The highest BCUT2D eigenvalue weighted by Crippen LogP contribution is 2.24. The van der Waals surface area contributed by atoms with Crippen LogP contribution < -0.4 is 0 Å². The van der Waals surface area contributed by atoms with Gasteiger partial charge in [0, 0.05) is 52.8 Å². The van der Waals surface area contributed by atoms with Crippen molar-refractivity contribution in [2.45, 2.75) is 119 Å². The lowest BCUT2D eigenvalue weighted by atomic mass is 10.1. The zero-order valence-corrected chi connectivity index (χ0v) is 71.4. The first-order valence-electron chi connectivity index (χ1n) is 34.0. The molecule has 110 heavy (non-hydrogen) atoms. The second-order valence-corrected chi connectivity index (χ2v) is 30.1. The second kappa shape index (κ2) is 57.5. The molecular weight excluding hydrogens is 1580 g/mol. The number of hydrogen-bond acceptors (Lipinski definition) is 7. The number of halogens is 10. The highest BCUT2D eigenvalue weighted by Gasteiger charge is 2.03. The van der Waals surface area contributed by atoms with Crippen LogP contribution in [0.5, 0.6) is 0 Å². The summed E-state index contributed by atoms with van der Waals surface area (Å²) in [6, 6.07) is 81.2. The van der Waals surface area contributed by atoms with Crippen LogP contribution in [0.4, 0.5) is 22.0 Å². The van der Waals surface area contributed by atoms with Gasteiger partial charge in [0.2, 0.25) is 0 Å². The number of aryl methyl sites for hydroxylation is 12. The SMILES string of the molecule is CSc1ccc(Cl)c(C)c1.Cc1c(Cl)cccc1Cl.Cc1c(F)cccc1F.Cc1cc(CS(=O)[O-])ccc1Cl.Cc1ccc(C)cc1.Cc1ccc(CS(=O)[O-])cc1.Cc1cccc(CS(=O)[O-])c1.Cc1cccc(F)c1F.Cc1ccccc1.Cc1ccccc1C.Cc1ccccc1Cl.Cc1ccccc1F. The molecule has 0 radical (unpaired) electrons. The van der Waals surface area contributed by atoms with Crippen molar-refractivity contribution in [2.75, 3.05) is 6.26 Å².